The summed E-state index contributed by atoms with van der Waals surface area (Å²) in [6, 6.07) is 86.1. The summed E-state index contributed by atoms with van der Waals surface area (Å²) in [5, 5.41) is 5.17. The summed E-state index contributed by atoms with van der Waals surface area (Å²) in [5.74, 6) is 0.568. The Morgan fingerprint density at radius 2 is 1.07 bits per heavy atom. The second-order valence-electron chi connectivity index (χ2n) is 19.1. The lowest BCUT2D eigenvalue weighted by atomic mass is 9.74. The molecule has 326 valence electrons. The van der Waals surface area contributed by atoms with Gasteiger partial charge in [-0.2, -0.15) is 0 Å². The molecule has 1 unspecified atom stereocenters. The maximum Gasteiger partial charge on any atom is 0.0782 e. The largest absolute Gasteiger partial charge is 0.308 e. The Hall–Kier alpha value is -7.94. The third-order valence-electron chi connectivity index (χ3n) is 15.5. The molecule has 0 amide bonds. The SMILES string of the molecule is CC1(c2ccccc2)c2ccccc2-c2ccc(-c3ccc(N(c4ccccc4-c4cccc5cccc(C6CCCCC6)c45)c4cccc5c6ccccc6n(-c6ccccc6)c45)cc3)cc21. The van der Waals surface area contributed by atoms with E-state index in [1.165, 1.54) is 120 Å². The molecule has 13 rings (SSSR count). The van der Waals surface area contributed by atoms with Crippen molar-refractivity contribution in [2.45, 2.75) is 50.4 Å². The first-order valence-electron chi connectivity index (χ1n) is 24.5. The summed E-state index contributed by atoms with van der Waals surface area (Å²) in [7, 11) is 0. The van der Waals surface area contributed by atoms with Gasteiger partial charge in [-0.25, -0.2) is 0 Å². The predicted octanol–water partition coefficient (Wildman–Crippen LogP) is 18.1. The first-order valence-corrected chi connectivity index (χ1v) is 24.5. The molecular weight excluding hydrogens is 821 g/mol. The summed E-state index contributed by atoms with van der Waals surface area (Å²) in [6.45, 7) is 2.40. The van der Waals surface area contributed by atoms with Gasteiger partial charge >= 0.3 is 0 Å². The van der Waals surface area contributed by atoms with Crippen molar-refractivity contribution in [3.63, 3.8) is 0 Å². The minimum Gasteiger partial charge on any atom is -0.308 e. The van der Waals surface area contributed by atoms with Crippen molar-refractivity contribution in [2.24, 2.45) is 0 Å². The molecule has 10 aromatic carbocycles. The summed E-state index contributed by atoms with van der Waals surface area (Å²) in [5.41, 5.74) is 19.7. The van der Waals surface area contributed by atoms with Crippen LogP contribution in [0.4, 0.5) is 17.1 Å². The molecule has 0 saturated heterocycles. The average Bonchev–Trinajstić information content (AvgIpc) is 3.89. The first kappa shape index (κ1) is 40.3. The molecule has 2 aliphatic carbocycles. The fourth-order valence-electron chi connectivity index (χ4n) is 12.2. The lowest BCUT2D eigenvalue weighted by Crippen LogP contribution is -2.22. The number of benzene rings is 10. The van der Waals surface area contributed by atoms with Crippen molar-refractivity contribution in [1.82, 2.24) is 4.57 Å². The minimum absolute atomic E-state index is 0.266. The number of rotatable bonds is 8. The molecule has 0 radical (unpaired) electrons. The molecular formula is C66H52N2. The minimum atomic E-state index is -0.266. The number of nitrogens with zero attached hydrogens (tertiary/aromatic N) is 2. The highest BCUT2D eigenvalue weighted by Gasteiger charge is 2.40. The lowest BCUT2D eigenvalue weighted by molar-refractivity contribution is 0.445. The van der Waals surface area contributed by atoms with E-state index < -0.39 is 0 Å². The molecule has 0 spiro atoms. The zero-order valence-corrected chi connectivity index (χ0v) is 38.4. The molecule has 1 aromatic heterocycles. The number of aromatic nitrogens is 1. The molecule has 2 nitrogen and oxygen atoms in total. The van der Waals surface area contributed by atoms with Gasteiger partial charge in [0, 0.05) is 33.1 Å². The van der Waals surface area contributed by atoms with Gasteiger partial charge in [-0.1, -0.05) is 201 Å². The predicted molar refractivity (Wildman–Crippen MR) is 287 cm³/mol. The molecule has 2 aliphatic rings. The first-order chi connectivity index (χ1) is 33.6. The van der Waals surface area contributed by atoms with E-state index in [1.54, 1.807) is 0 Å². The third-order valence-corrected chi connectivity index (χ3v) is 15.5. The molecule has 1 heterocycles. The van der Waals surface area contributed by atoms with Gasteiger partial charge in [0.15, 0.2) is 0 Å². The summed E-state index contributed by atoms with van der Waals surface area (Å²) in [6.07, 6.45) is 6.44. The zero-order valence-electron chi connectivity index (χ0n) is 38.4. The molecule has 0 N–H and O–H groups in total. The maximum atomic E-state index is 2.54. The highest BCUT2D eigenvalue weighted by Crippen LogP contribution is 2.54. The Balaban J connectivity index is 1.02. The molecule has 68 heavy (non-hydrogen) atoms. The monoisotopic (exact) mass is 872 g/mol. The standard InChI is InChI=1S/C66H52N2/c1-66(49-24-7-3-8-25-49)59-34-14-11-28-53(59)54-43-40-48(44-60(54)66)45-38-41-51(42-39-45)67(63-37-19-33-58-56-30-13-16-36-62(56)68(65(58)63)50-26-9-4-10-27-50)61-35-15-12-29-55(61)57-32-18-23-47-22-17-31-52(64(47)57)46-20-5-2-6-21-46/h3-4,7-19,22-44,46H,2,5-6,20-21H2,1H3. The van der Waals surface area contributed by atoms with Gasteiger partial charge in [0.1, 0.15) is 0 Å². The van der Waals surface area contributed by atoms with Crippen LogP contribution in [-0.2, 0) is 5.41 Å². The highest BCUT2D eigenvalue weighted by atomic mass is 15.2. The smallest absolute Gasteiger partial charge is 0.0782 e. The quantitative estimate of drug-likeness (QED) is 0.148. The van der Waals surface area contributed by atoms with E-state index in [-0.39, 0.29) is 5.41 Å². The fraction of sp³-hybridized carbons (Fsp3) is 0.121. The molecule has 1 fully saturated rings. The van der Waals surface area contributed by atoms with Crippen molar-refractivity contribution < 1.29 is 0 Å². The summed E-state index contributed by atoms with van der Waals surface area (Å²) in [4.78, 5) is 2.54. The van der Waals surface area contributed by atoms with Gasteiger partial charge < -0.3 is 9.47 Å². The van der Waals surface area contributed by atoms with Gasteiger partial charge in [-0.15, -0.1) is 0 Å². The van der Waals surface area contributed by atoms with E-state index >= 15 is 0 Å². The van der Waals surface area contributed by atoms with Gasteiger partial charge in [0.2, 0.25) is 0 Å². The number of anilines is 3. The normalized spacial score (nSPS) is 15.7. The van der Waals surface area contributed by atoms with Crippen LogP contribution in [0.1, 0.15) is 67.2 Å². The van der Waals surface area contributed by atoms with Gasteiger partial charge in [-0.05, 0) is 135 Å². The number of hydrogen-bond acceptors (Lipinski definition) is 1. The van der Waals surface area contributed by atoms with Crippen molar-refractivity contribution >= 4 is 49.6 Å². The van der Waals surface area contributed by atoms with Gasteiger partial charge in [0.05, 0.1) is 22.4 Å². The Morgan fingerprint density at radius 3 is 1.90 bits per heavy atom. The Bertz CT molecular complexity index is 3660. The summed E-state index contributed by atoms with van der Waals surface area (Å²) >= 11 is 0. The van der Waals surface area contributed by atoms with Crippen molar-refractivity contribution in [3.8, 4) is 39.1 Å². The van der Waals surface area contributed by atoms with Crippen LogP contribution in [0.25, 0.3) is 71.6 Å². The van der Waals surface area contributed by atoms with Crippen LogP contribution in [0.3, 0.4) is 0 Å². The van der Waals surface area contributed by atoms with E-state index in [2.05, 4.69) is 247 Å². The molecule has 2 heteroatoms. The van der Waals surface area contributed by atoms with Gasteiger partial charge in [-0.3, -0.25) is 0 Å². The fourth-order valence-corrected chi connectivity index (χ4v) is 12.2. The molecule has 1 atom stereocenters. The van der Waals surface area contributed by atoms with Gasteiger partial charge in [0.25, 0.3) is 0 Å². The second-order valence-corrected chi connectivity index (χ2v) is 19.1. The van der Waals surface area contributed by atoms with E-state index in [0.29, 0.717) is 5.92 Å². The van der Waals surface area contributed by atoms with Crippen LogP contribution >= 0.6 is 0 Å². The molecule has 0 bridgehead atoms. The van der Waals surface area contributed by atoms with E-state index in [1.807, 2.05) is 0 Å². The topological polar surface area (TPSA) is 8.17 Å². The number of hydrogen-bond donors (Lipinski definition) is 0. The van der Waals surface area contributed by atoms with Crippen LogP contribution in [0.5, 0.6) is 0 Å². The van der Waals surface area contributed by atoms with Crippen LogP contribution in [0.2, 0.25) is 0 Å². The van der Waals surface area contributed by atoms with E-state index in [0.717, 1.165) is 22.7 Å². The van der Waals surface area contributed by atoms with Crippen molar-refractivity contribution in [1.29, 1.82) is 0 Å². The summed E-state index contributed by atoms with van der Waals surface area (Å²) < 4.78 is 2.47. The average molecular weight is 873 g/mol. The van der Waals surface area contributed by atoms with E-state index in [9.17, 15) is 0 Å². The third kappa shape index (κ3) is 6.39. The Labute approximate surface area is 399 Å². The van der Waals surface area contributed by atoms with E-state index in [4.69, 9.17) is 0 Å². The highest BCUT2D eigenvalue weighted by molar-refractivity contribution is 6.15. The second kappa shape index (κ2) is 16.4. The van der Waals surface area contributed by atoms with Crippen LogP contribution in [0, 0.1) is 0 Å². The molecule has 1 saturated carbocycles. The zero-order chi connectivity index (χ0) is 45.2. The molecule has 11 aromatic rings. The van der Waals surface area contributed by atoms with Crippen LogP contribution in [-0.4, -0.2) is 4.57 Å². The maximum absolute atomic E-state index is 2.54. The Kier molecular flexibility index (Phi) is 9.75. The lowest BCUT2D eigenvalue weighted by Gasteiger charge is -2.30. The van der Waals surface area contributed by atoms with Crippen LogP contribution in [0.15, 0.2) is 231 Å². The van der Waals surface area contributed by atoms with Crippen LogP contribution < -0.4 is 4.90 Å². The van der Waals surface area contributed by atoms with Crippen molar-refractivity contribution in [2.75, 3.05) is 4.90 Å². The molecule has 0 aliphatic heterocycles. The van der Waals surface area contributed by atoms with Crippen molar-refractivity contribution in [3.05, 3.63) is 253 Å². The number of fused-ring (bicyclic) bond motifs is 7. The number of para-hydroxylation sites is 4. The Morgan fingerprint density at radius 1 is 0.456 bits per heavy atom.